The van der Waals surface area contributed by atoms with Crippen LogP contribution in [0, 0.1) is 0 Å². The van der Waals surface area contributed by atoms with Gasteiger partial charge < -0.3 is 0 Å². The molecule has 1 aliphatic carbocycles. The van der Waals surface area contributed by atoms with Crippen molar-refractivity contribution in [2.45, 2.75) is 6.42 Å². The Morgan fingerprint density at radius 2 is 1.04 bits per heavy atom. The Bertz CT molecular complexity index is 2610. The molecule has 0 saturated heterocycles. The van der Waals surface area contributed by atoms with Crippen molar-refractivity contribution in [3.63, 3.8) is 0 Å². The summed E-state index contributed by atoms with van der Waals surface area (Å²) in [5.41, 5.74) is 16.8. The highest BCUT2D eigenvalue weighted by Crippen LogP contribution is 2.48. The minimum absolute atomic E-state index is 0.879. The van der Waals surface area contributed by atoms with Crippen LogP contribution in [-0.4, -0.2) is 14.0 Å². The van der Waals surface area contributed by atoms with Crippen LogP contribution in [0.3, 0.4) is 0 Å². The van der Waals surface area contributed by atoms with Gasteiger partial charge in [0.25, 0.3) is 0 Å². The van der Waals surface area contributed by atoms with Crippen LogP contribution in [-0.2, 0) is 6.42 Å². The first kappa shape index (κ1) is 25.6. The number of rotatable bonds is 3. The van der Waals surface area contributed by atoms with E-state index in [9.17, 15) is 0 Å². The second kappa shape index (κ2) is 9.90. The molecule has 0 saturated carbocycles. The fourth-order valence-corrected chi connectivity index (χ4v) is 8.20. The summed E-state index contributed by atoms with van der Waals surface area (Å²) in [4.78, 5) is 6.74. The van der Waals surface area contributed by atoms with Crippen molar-refractivity contribution >= 4 is 39.2 Å². The van der Waals surface area contributed by atoms with E-state index in [2.05, 4.69) is 160 Å². The lowest BCUT2D eigenvalue weighted by Crippen LogP contribution is -2.00. The molecule has 6 aromatic carbocycles. The summed E-state index contributed by atoms with van der Waals surface area (Å²) < 4.78 is 4.67. The number of thiophene rings is 1. The van der Waals surface area contributed by atoms with Gasteiger partial charge in [-0.2, -0.15) is 0 Å². The number of nitrogens with zero attached hydrogens (tertiary/aromatic N) is 3. The Kier molecular flexibility index (Phi) is 5.51. The van der Waals surface area contributed by atoms with Crippen LogP contribution in [0.1, 0.15) is 10.4 Å². The average molecular weight is 606 g/mol. The number of fused-ring (bicyclic) bond motifs is 13. The van der Waals surface area contributed by atoms with Crippen LogP contribution in [0.25, 0.3) is 78.0 Å². The fraction of sp³-hybridized carbons (Fsp3) is 0.0238. The molecule has 3 aromatic heterocycles. The predicted molar refractivity (Wildman–Crippen MR) is 192 cm³/mol. The van der Waals surface area contributed by atoms with E-state index in [0.29, 0.717) is 0 Å². The highest BCUT2D eigenvalue weighted by molar-refractivity contribution is 7.09. The molecule has 46 heavy (non-hydrogen) atoms. The zero-order chi connectivity index (χ0) is 30.2. The molecule has 0 bridgehead atoms. The molecule has 0 aliphatic heterocycles. The third kappa shape index (κ3) is 3.68. The number of hydrogen-bond donors (Lipinski definition) is 0. The molecule has 9 aromatic rings. The number of hydrogen-bond acceptors (Lipinski definition) is 2. The Morgan fingerprint density at radius 1 is 0.478 bits per heavy atom. The molecule has 0 atom stereocenters. The summed E-state index contributed by atoms with van der Waals surface area (Å²) >= 11 is 1.80. The highest BCUT2D eigenvalue weighted by atomic mass is 32.1. The van der Waals surface area contributed by atoms with E-state index in [1.54, 1.807) is 11.3 Å². The van der Waals surface area contributed by atoms with Crippen LogP contribution >= 0.6 is 11.3 Å². The van der Waals surface area contributed by atoms with Gasteiger partial charge in [0.1, 0.15) is 0 Å². The zero-order valence-electron chi connectivity index (χ0n) is 24.9. The third-order valence-electron chi connectivity index (χ3n) is 9.46. The number of aromatic nitrogens is 3. The maximum atomic E-state index is 5.40. The Morgan fingerprint density at radius 3 is 1.67 bits per heavy atom. The van der Waals surface area contributed by atoms with Crippen LogP contribution in [0.2, 0.25) is 0 Å². The molecule has 10 rings (SSSR count). The Balaban J connectivity index is 1.27. The molecule has 4 heteroatoms. The van der Waals surface area contributed by atoms with Gasteiger partial charge in [-0.1, -0.05) is 109 Å². The first-order valence-corrected chi connectivity index (χ1v) is 16.6. The second-order valence-corrected chi connectivity index (χ2v) is 13.0. The molecule has 0 unspecified atom stereocenters. The van der Waals surface area contributed by atoms with E-state index < -0.39 is 0 Å². The van der Waals surface area contributed by atoms with Gasteiger partial charge in [0.2, 0.25) is 5.78 Å². The van der Waals surface area contributed by atoms with E-state index >= 15 is 0 Å². The summed E-state index contributed by atoms with van der Waals surface area (Å²) in [5, 5.41) is 2.15. The molecule has 0 radical (unpaired) electrons. The molecule has 0 fully saturated rings. The summed E-state index contributed by atoms with van der Waals surface area (Å²) in [6, 6.07) is 53.0. The lowest BCUT2D eigenvalue weighted by Gasteiger charge is -2.23. The minimum atomic E-state index is 0.879. The van der Waals surface area contributed by atoms with Crippen molar-refractivity contribution in [3.8, 4) is 50.2 Å². The summed E-state index contributed by atoms with van der Waals surface area (Å²) in [6.07, 6.45) is 0.879. The Labute approximate surface area is 270 Å². The van der Waals surface area contributed by atoms with Gasteiger partial charge in [0.15, 0.2) is 0 Å². The number of para-hydroxylation sites is 3. The SMILES string of the molecule is c1csc(Cc2cccc3c2nc2n(-c4ccc5c(c4)-c4ccccc4-c4ccccc4-c4ccccc4-5)c4ccccc4n32)c1. The minimum Gasteiger partial charge on any atom is -0.278 e. The van der Waals surface area contributed by atoms with Gasteiger partial charge in [-0.15, -0.1) is 11.3 Å². The van der Waals surface area contributed by atoms with Gasteiger partial charge in [-0.3, -0.25) is 8.97 Å². The third-order valence-corrected chi connectivity index (χ3v) is 10.3. The smallest absolute Gasteiger partial charge is 0.220 e. The summed E-state index contributed by atoms with van der Waals surface area (Å²) in [6.45, 7) is 0. The standard InChI is InChI=1S/C42H27N3S/c1-2-14-31-30(13-1)32-15-3-4-17-34(32)36-23-22-28(26-37(36)35-18-6-5-16-33(31)35)44-38-19-7-8-20-39(38)45-40-21-9-11-27(41(40)43-42(44)45)25-29-12-10-24-46-29/h1-24,26H,25H2. The van der Waals surface area contributed by atoms with E-state index in [0.717, 1.165) is 40.0 Å². The van der Waals surface area contributed by atoms with Gasteiger partial charge in [-0.05, 0) is 91.8 Å². The molecular formula is C42H27N3S. The van der Waals surface area contributed by atoms with Crippen molar-refractivity contribution in [2.24, 2.45) is 0 Å². The maximum absolute atomic E-state index is 5.40. The number of benzene rings is 6. The highest BCUT2D eigenvalue weighted by Gasteiger charge is 2.24. The monoisotopic (exact) mass is 605 g/mol. The van der Waals surface area contributed by atoms with E-state index in [1.165, 1.54) is 54.9 Å². The molecule has 0 amide bonds. The molecule has 216 valence electrons. The quantitative estimate of drug-likeness (QED) is 0.196. The number of imidazole rings is 2. The van der Waals surface area contributed by atoms with Gasteiger partial charge in [0, 0.05) is 17.0 Å². The zero-order valence-corrected chi connectivity index (χ0v) is 25.7. The van der Waals surface area contributed by atoms with Crippen molar-refractivity contribution in [1.82, 2.24) is 14.0 Å². The fourth-order valence-electron chi connectivity index (χ4n) is 7.47. The van der Waals surface area contributed by atoms with E-state index in [4.69, 9.17) is 4.98 Å². The van der Waals surface area contributed by atoms with Gasteiger partial charge in [0.05, 0.1) is 22.1 Å². The van der Waals surface area contributed by atoms with Crippen LogP contribution in [0.5, 0.6) is 0 Å². The normalized spacial score (nSPS) is 12.0. The molecule has 3 heterocycles. The van der Waals surface area contributed by atoms with Crippen LogP contribution in [0.15, 0.2) is 151 Å². The summed E-state index contributed by atoms with van der Waals surface area (Å²) in [5.74, 6) is 0.930. The molecule has 3 nitrogen and oxygen atoms in total. The largest absolute Gasteiger partial charge is 0.278 e. The molecule has 1 aliphatic rings. The van der Waals surface area contributed by atoms with Gasteiger partial charge in [-0.25, -0.2) is 4.98 Å². The molecular weight excluding hydrogens is 579 g/mol. The van der Waals surface area contributed by atoms with E-state index in [1.807, 2.05) is 0 Å². The first-order chi connectivity index (χ1) is 22.8. The molecule has 0 N–H and O–H groups in total. The Hall–Kier alpha value is -5.71. The molecule has 0 spiro atoms. The van der Waals surface area contributed by atoms with Crippen molar-refractivity contribution in [2.75, 3.05) is 0 Å². The topological polar surface area (TPSA) is 22.2 Å². The average Bonchev–Trinajstić information content (AvgIpc) is 3.84. The summed E-state index contributed by atoms with van der Waals surface area (Å²) in [7, 11) is 0. The first-order valence-electron chi connectivity index (χ1n) is 15.7. The van der Waals surface area contributed by atoms with Crippen molar-refractivity contribution < 1.29 is 0 Å². The van der Waals surface area contributed by atoms with E-state index in [-0.39, 0.29) is 0 Å². The van der Waals surface area contributed by atoms with Crippen LogP contribution in [0.4, 0.5) is 0 Å². The second-order valence-electron chi connectivity index (χ2n) is 12.0. The lowest BCUT2D eigenvalue weighted by atomic mass is 9.81. The maximum Gasteiger partial charge on any atom is 0.220 e. The van der Waals surface area contributed by atoms with Crippen molar-refractivity contribution in [1.29, 1.82) is 0 Å². The lowest BCUT2D eigenvalue weighted by molar-refractivity contribution is 1.11. The van der Waals surface area contributed by atoms with Crippen molar-refractivity contribution in [3.05, 3.63) is 161 Å². The predicted octanol–water partition coefficient (Wildman–Crippen LogP) is 11.1. The van der Waals surface area contributed by atoms with Crippen LogP contribution < -0.4 is 0 Å². The van der Waals surface area contributed by atoms with Gasteiger partial charge >= 0.3 is 0 Å².